The highest BCUT2D eigenvalue weighted by molar-refractivity contribution is 5.46. The predicted molar refractivity (Wildman–Crippen MR) is 55.0 cm³/mol. The summed E-state index contributed by atoms with van der Waals surface area (Å²) in [6, 6.07) is 0. The Bertz CT molecular complexity index is 318. The van der Waals surface area contributed by atoms with E-state index in [-0.39, 0.29) is 0 Å². The van der Waals surface area contributed by atoms with E-state index in [2.05, 4.69) is 21.9 Å². The van der Waals surface area contributed by atoms with Gasteiger partial charge in [0.15, 0.2) is 0 Å². The van der Waals surface area contributed by atoms with E-state index in [1.807, 2.05) is 27.0 Å². The topological polar surface area (TPSA) is 37.8 Å². The predicted octanol–water partition coefficient (Wildman–Crippen LogP) is 1.86. The Balaban J connectivity index is 3.20. The molecule has 3 heteroatoms. The molecule has 0 aliphatic carbocycles. The average Bonchev–Trinajstić information content (AvgIpc) is 2.09. The number of hydrogen-bond acceptors (Lipinski definition) is 3. The summed E-state index contributed by atoms with van der Waals surface area (Å²) in [4.78, 5) is 8.60. The standard InChI is InChI=1S/C10H15N3/c1-5-6-9-7(2)12-8(3)13-10(9)11-4/h5H,1,6H2,2-4H3,(H,11,12,13). The van der Waals surface area contributed by atoms with Crippen molar-refractivity contribution in [2.24, 2.45) is 0 Å². The molecule has 0 aliphatic heterocycles. The van der Waals surface area contributed by atoms with E-state index < -0.39 is 0 Å². The fourth-order valence-electron chi connectivity index (χ4n) is 1.33. The van der Waals surface area contributed by atoms with Crippen LogP contribution >= 0.6 is 0 Å². The Hall–Kier alpha value is -1.38. The van der Waals surface area contributed by atoms with Crippen LogP contribution in [0.25, 0.3) is 0 Å². The number of hydrogen-bond donors (Lipinski definition) is 1. The van der Waals surface area contributed by atoms with Crippen LogP contribution in [0.2, 0.25) is 0 Å². The van der Waals surface area contributed by atoms with Gasteiger partial charge in [-0.05, 0) is 20.3 Å². The third-order valence-corrected chi connectivity index (χ3v) is 1.91. The van der Waals surface area contributed by atoms with E-state index in [0.29, 0.717) is 0 Å². The Labute approximate surface area is 78.9 Å². The van der Waals surface area contributed by atoms with Crippen molar-refractivity contribution in [1.29, 1.82) is 0 Å². The highest BCUT2D eigenvalue weighted by Crippen LogP contribution is 2.16. The van der Waals surface area contributed by atoms with Gasteiger partial charge in [-0.25, -0.2) is 9.97 Å². The molecule has 0 bridgehead atoms. The Morgan fingerprint density at radius 2 is 2.08 bits per heavy atom. The molecule has 0 aliphatic rings. The summed E-state index contributed by atoms with van der Waals surface area (Å²) in [6.45, 7) is 7.60. The zero-order valence-corrected chi connectivity index (χ0v) is 8.39. The summed E-state index contributed by atoms with van der Waals surface area (Å²) in [6.07, 6.45) is 2.67. The first-order valence-corrected chi connectivity index (χ1v) is 4.31. The smallest absolute Gasteiger partial charge is 0.133 e. The lowest BCUT2D eigenvalue weighted by Gasteiger charge is -2.09. The van der Waals surface area contributed by atoms with Gasteiger partial charge in [0.1, 0.15) is 11.6 Å². The molecule has 1 aromatic rings. The number of anilines is 1. The van der Waals surface area contributed by atoms with Crippen molar-refractivity contribution in [3.05, 3.63) is 29.7 Å². The third-order valence-electron chi connectivity index (χ3n) is 1.91. The molecule has 0 amide bonds. The van der Waals surface area contributed by atoms with Gasteiger partial charge in [-0.1, -0.05) is 6.08 Å². The van der Waals surface area contributed by atoms with Crippen molar-refractivity contribution in [2.75, 3.05) is 12.4 Å². The molecule has 0 radical (unpaired) electrons. The van der Waals surface area contributed by atoms with Crippen molar-refractivity contribution in [3.8, 4) is 0 Å². The SMILES string of the molecule is C=CCc1c(C)nc(C)nc1NC. The van der Waals surface area contributed by atoms with Crippen LogP contribution in [0.3, 0.4) is 0 Å². The van der Waals surface area contributed by atoms with Crippen molar-refractivity contribution >= 4 is 5.82 Å². The van der Waals surface area contributed by atoms with Crippen LogP contribution in [0.1, 0.15) is 17.1 Å². The molecule has 0 fully saturated rings. The van der Waals surface area contributed by atoms with E-state index in [1.54, 1.807) is 0 Å². The molecule has 13 heavy (non-hydrogen) atoms. The summed E-state index contributed by atoms with van der Waals surface area (Å²) in [5, 5.41) is 3.06. The first-order valence-electron chi connectivity index (χ1n) is 4.31. The molecule has 1 heterocycles. The second-order valence-electron chi connectivity index (χ2n) is 2.93. The van der Waals surface area contributed by atoms with Crippen molar-refractivity contribution in [3.63, 3.8) is 0 Å². The van der Waals surface area contributed by atoms with Crippen LogP contribution in [0.5, 0.6) is 0 Å². The first-order chi connectivity index (χ1) is 6.19. The van der Waals surface area contributed by atoms with Crippen molar-refractivity contribution < 1.29 is 0 Å². The number of aryl methyl sites for hydroxylation is 2. The first kappa shape index (κ1) is 9.71. The Morgan fingerprint density at radius 1 is 1.38 bits per heavy atom. The minimum absolute atomic E-state index is 0.801. The van der Waals surface area contributed by atoms with Crippen LogP contribution in [0.15, 0.2) is 12.7 Å². The molecule has 70 valence electrons. The number of nitrogens with zero attached hydrogens (tertiary/aromatic N) is 2. The molecule has 0 saturated carbocycles. The van der Waals surface area contributed by atoms with Gasteiger partial charge in [-0.2, -0.15) is 0 Å². The van der Waals surface area contributed by atoms with Crippen LogP contribution in [-0.2, 0) is 6.42 Å². The van der Waals surface area contributed by atoms with Gasteiger partial charge in [0.25, 0.3) is 0 Å². The number of aromatic nitrogens is 2. The summed E-state index contributed by atoms with van der Waals surface area (Å²) >= 11 is 0. The Morgan fingerprint density at radius 3 is 2.62 bits per heavy atom. The normalized spacial score (nSPS) is 9.77. The number of rotatable bonds is 3. The minimum Gasteiger partial charge on any atom is -0.373 e. The molecule has 0 unspecified atom stereocenters. The van der Waals surface area contributed by atoms with Crippen LogP contribution in [0, 0.1) is 13.8 Å². The maximum atomic E-state index is 4.30. The molecule has 1 aromatic heterocycles. The van der Waals surface area contributed by atoms with Gasteiger partial charge in [0.2, 0.25) is 0 Å². The fourth-order valence-corrected chi connectivity index (χ4v) is 1.33. The molecule has 0 spiro atoms. The van der Waals surface area contributed by atoms with Gasteiger partial charge in [-0.15, -0.1) is 6.58 Å². The quantitative estimate of drug-likeness (QED) is 0.716. The van der Waals surface area contributed by atoms with E-state index in [4.69, 9.17) is 0 Å². The highest BCUT2D eigenvalue weighted by Gasteiger charge is 2.06. The second-order valence-corrected chi connectivity index (χ2v) is 2.93. The summed E-state index contributed by atoms with van der Waals surface area (Å²) in [5.41, 5.74) is 2.15. The molecule has 1 N–H and O–H groups in total. The lowest BCUT2D eigenvalue weighted by atomic mass is 10.1. The van der Waals surface area contributed by atoms with Crippen LogP contribution < -0.4 is 5.32 Å². The van der Waals surface area contributed by atoms with Crippen molar-refractivity contribution in [1.82, 2.24) is 9.97 Å². The molecular weight excluding hydrogens is 162 g/mol. The van der Waals surface area contributed by atoms with Gasteiger partial charge in [0, 0.05) is 18.3 Å². The lowest BCUT2D eigenvalue weighted by molar-refractivity contribution is 0.970. The van der Waals surface area contributed by atoms with Gasteiger partial charge >= 0.3 is 0 Å². The molecule has 0 aromatic carbocycles. The monoisotopic (exact) mass is 177 g/mol. The van der Waals surface area contributed by atoms with Gasteiger partial charge in [-0.3, -0.25) is 0 Å². The summed E-state index contributed by atoms with van der Waals surface area (Å²) in [7, 11) is 1.87. The number of nitrogens with one attached hydrogen (secondary N) is 1. The van der Waals surface area contributed by atoms with Crippen molar-refractivity contribution in [2.45, 2.75) is 20.3 Å². The summed E-state index contributed by atoms with van der Waals surface area (Å²) in [5.74, 6) is 1.71. The summed E-state index contributed by atoms with van der Waals surface area (Å²) < 4.78 is 0. The highest BCUT2D eigenvalue weighted by atomic mass is 15.0. The average molecular weight is 177 g/mol. The maximum absolute atomic E-state index is 4.30. The minimum atomic E-state index is 0.801. The van der Waals surface area contributed by atoms with Crippen LogP contribution in [-0.4, -0.2) is 17.0 Å². The van der Waals surface area contributed by atoms with Crippen LogP contribution in [0.4, 0.5) is 5.82 Å². The second kappa shape index (κ2) is 4.03. The zero-order valence-electron chi connectivity index (χ0n) is 8.39. The largest absolute Gasteiger partial charge is 0.373 e. The molecule has 1 rings (SSSR count). The van der Waals surface area contributed by atoms with E-state index in [9.17, 15) is 0 Å². The molecule has 0 atom stereocenters. The molecule has 3 nitrogen and oxygen atoms in total. The fraction of sp³-hybridized carbons (Fsp3) is 0.400. The Kier molecular flexibility index (Phi) is 3.01. The van der Waals surface area contributed by atoms with E-state index in [0.717, 1.165) is 29.3 Å². The maximum Gasteiger partial charge on any atom is 0.133 e. The number of allylic oxidation sites excluding steroid dienone is 1. The zero-order chi connectivity index (χ0) is 9.84. The molecular formula is C10H15N3. The van der Waals surface area contributed by atoms with E-state index in [1.165, 1.54) is 0 Å². The molecule has 0 saturated heterocycles. The van der Waals surface area contributed by atoms with E-state index >= 15 is 0 Å². The third kappa shape index (κ3) is 2.05. The van der Waals surface area contributed by atoms with Gasteiger partial charge < -0.3 is 5.32 Å². The van der Waals surface area contributed by atoms with Gasteiger partial charge in [0.05, 0.1) is 0 Å². The lowest BCUT2D eigenvalue weighted by Crippen LogP contribution is -2.04.